The third-order valence-electron chi connectivity index (χ3n) is 1.69. The number of allylic oxidation sites excluding steroid dienone is 1. The Balaban J connectivity index is 4.35. The number of hydrogen-bond donors (Lipinski definition) is 1. The van der Waals surface area contributed by atoms with Gasteiger partial charge in [0.2, 0.25) is 0 Å². The maximum atomic E-state index is 9.52. The Bertz CT molecular complexity index is 244. The maximum Gasteiger partial charge on any atom is 0.121 e. The van der Waals surface area contributed by atoms with Crippen molar-refractivity contribution < 1.29 is 5.11 Å². The topological polar surface area (TPSA) is 20.2 Å². The summed E-state index contributed by atoms with van der Waals surface area (Å²) in [5, 5.41) is 9.52. The molecule has 0 fully saturated rings. The second-order valence-electron chi connectivity index (χ2n) is 3.30. The van der Waals surface area contributed by atoms with Gasteiger partial charge in [-0.15, -0.1) is 13.0 Å². The van der Waals surface area contributed by atoms with Gasteiger partial charge >= 0.3 is 0 Å². The Morgan fingerprint density at radius 1 is 1.67 bits per heavy atom. The van der Waals surface area contributed by atoms with E-state index in [1.807, 2.05) is 13.8 Å². The molecular weight excluding hydrogens is 148 g/mol. The van der Waals surface area contributed by atoms with E-state index in [1.165, 1.54) is 0 Å². The normalized spacial score (nSPS) is 12.2. The first-order valence-corrected chi connectivity index (χ1v) is 3.79. The van der Waals surface area contributed by atoms with E-state index >= 15 is 0 Å². The number of aliphatic hydroxyl groups excluding tert-OH is 1. The zero-order valence-electron chi connectivity index (χ0n) is 7.59. The van der Waals surface area contributed by atoms with Gasteiger partial charge < -0.3 is 5.11 Å². The van der Waals surface area contributed by atoms with E-state index in [0.717, 1.165) is 0 Å². The molecule has 1 atom stereocenters. The van der Waals surface area contributed by atoms with Gasteiger partial charge in [-0.05, 0) is 18.3 Å². The Morgan fingerprint density at radius 3 is 2.67 bits per heavy atom. The first-order chi connectivity index (χ1) is 5.54. The predicted octanol–water partition coefficient (Wildman–Crippen LogP) is 1.59. The summed E-state index contributed by atoms with van der Waals surface area (Å²) >= 11 is 0. The summed E-state index contributed by atoms with van der Waals surface area (Å²) in [4.78, 5) is 0. The second kappa shape index (κ2) is 4.65. The summed E-state index contributed by atoms with van der Waals surface area (Å²) in [7, 11) is 0. The van der Waals surface area contributed by atoms with Crippen LogP contribution in [0.5, 0.6) is 0 Å². The van der Waals surface area contributed by atoms with Gasteiger partial charge in [-0.2, -0.15) is 0 Å². The first kappa shape index (κ1) is 10.8. The molecule has 0 rings (SSSR count). The van der Waals surface area contributed by atoms with Crippen LogP contribution >= 0.6 is 0 Å². The Morgan fingerprint density at radius 2 is 2.25 bits per heavy atom. The molecule has 0 aliphatic rings. The molecule has 0 aliphatic heterocycles. The molecular formula is C11H14O. The third kappa shape index (κ3) is 3.28. The van der Waals surface area contributed by atoms with Crippen LogP contribution < -0.4 is 0 Å². The van der Waals surface area contributed by atoms with Gasteiger partial charge in [0.25, 0.3) is 0 Å². The van der Waals surface area contributed by atoms with Gasteiger partial charge in [0.1, 0.15) is 6.10 Å². The molecule has 0 aliphatic carbocycles. The lowest BCUT2D eigenvalue weighted by molar-refractivity contribution is 0.101. The molecule has 0 radical (unpaired) electrons. The number of terminal acetylenes is 1. The molecule has 0 spiro atoms. The fraction of sp³-hybridized carbons (Fsp3) is 0.455. The zero-order chi connectivity index (χ0) is 9.61. The highest BCUT2D eigenvalue weighted by Crippen LogP contribution is 2.24. The van der Waals surface area contributed by atoms with Crippen molar-refractivity contribution in [2.24, 2.45) is 5.41 Å². The van der Waals surface area contributed by atoms with E-state index in [4.69, 9.17) is 6.42 Å². The average molecular weight is 162 g/mol. The van der Waals surface area contributed by atoms with Crippen LogP contribution in [0.2, 0.25) is 0 Å². The molecule has 12 heavy (non-hydrogen) atoms. The quantitative estimate of drug-likeness (QED) is 0.493. The molecule has 0 unspecified atom stereocenters. The molecule has 0 aromatic carbocycles. The molecule has 0 bridgehead atoms. The standard InChI is InChI=1S/C11H14O/c1-5-7-8-10(12)11(3,4)9-6-2/h1,6,10,12H,2,9H2,3-4H3/t10-/m1/s1. The minimum atomic E-state index is -0.688. The van der Waals surface area contributed by atoms with Crippen LogP contribution in [0.4, 0.5) is 0 Å². The van der Waals surface area contributed by atoms with Crippen LogP contribution in [-0.2, 0) is 0 Å². The van der Waals surface area contributed by atoms with Crippen molar-refractivity contribution in [3.8, 4) is 24.2 Å². The van der Waals surface area contributed by atoms with E-state index in [9.17, 15) is 5.11 Å². The first-order valence-electron chi connectivity index (χ1n) is 3.79. The number of rotatable bonds is 3. The minimum absolute atomic E-state index is 0.272. The van der Waals surface area contributed by atoms with E-state index in [-0.39, 0.29) is 5.41 Å². The Kier molecular flexibility index (Phi) is 4.19. The molecule has 0 aromatic heterocycles. The van der Waals surface area contributed by atoms with Crippen LogP contribution in [0, 0.1) is 29.6 Å². The zero-order valence-corrected chi connectivity index (χ0v) is 7.59. The van der Waals surface area contributed by atoms with Crippen LogP contribution in [0.1, 0.15) is 20.3 Å². The average Bonchev–Trinajstić information content (AvgIpc) is 2.00. The van der Waals surface area contributed by atoms with Crippen LogP contribution in [0.15, 0.2) is 12.7 Å². The summed E-state index contributed by atoms with van der Waals surface area (Å²) in [6, 6.07) is 0. The van der Waals surface area contributed by atoms with Gasteiger partial charge in [-0.3, -0.25) is 0 Å². The fourth-order valence-electron chi connectivity index (χ4n) is 0.789. The summed E-state index contributed by atoms with van der Waals surface area (Å²) in [5.41, 5.74) is -0.272. The molecule has 1 N–H and O–H groups in total. The molecule has 0 heterocycles. The van der Waals surface area contributed by atoms with E-state index < -0.39 is 6.10 Å². The van der Waals surface area contributed by atoms with Crippen LogP contribution in [-0.4, -0.2) is 11.2 Å². The lowest BCUT2D eigenvalue weighted by Crippen LogP contribution is -2.27. The minimum Gasteiger partial charge on any atom is -0.380 e. The SMILES string of the molecule is C#CC#C[C@@H](O)C(C)(C)CC=C. The second-order valence-corrected chi connectivity index (χ2v) is 3.30. The predicted molar refractivity (Wildman–Crippen MR) is 51.2 cm³/mol. The largest absolute Gasteiger partial charge is 0.380 e. The molecule has 0 amide bonds. The highest BCUT2D eigenvalue weighted by atomic mass is 16.3. The van der Waals surface area contributed by atoms with Gasteiger partial charge in [-0.1, -0.05) is 25.8 Å². The molecule has 1 heteroatoms. The maximum absolute atomic E-state index is 9.52. The summed E-state index contributed by atoms with van der Waals surface area (Å²) < 4.78 is 0. The highest BCUT2D eigenvalue weighted by Gasteiger charge is 2.24. The third-order valence-corrected chi connectivity index (χ3v) is 1.69. The van der Waals surface area contributed by atoms with E-state index in [0.29, 0.717) is 6.42 Å². The summed E-state index contributed by atoms with van der Waals surface area (Å²) in [5.74, 6) is 7.15. The lowest BCUT2D eigenvalue weighted by atomic mass is 9.83. The lowest BCUT2D eigenvalue weighted by Gasteiger charge is -2.25. The van der Waals surface area contributed by atoms with Gasteiger partial charge in [-0.25, -0.2) is 0 Å². The molecule has 0 saturated heterocycles. The van der Waals surface area contributed by atoms with E-state index in [1.54, 1.807) is 6.08 Å². The van der Waals surface area contributed by atoms with Crippen molar-refractivity contribution in [2.45, 2.75) is 26.4 Å². The molecule has 1 nitrogen and oxygen atoms in total. The van der Waals surface area contributed by atoms with Crippen molar-refractivity contribution in [1.82, 2.24) is 0 Å². The summed E-state index contributed by atoms with van der Waals surface area (Å²) in [6.07, 6.45) is 6.73. The highest BCUT2D eigenvalue weighted by molar-refractivity contribution is 5.24. The van der Waals surface area contributed by atoms with Gasteiger partial charge in [0.05, 0.1) is 0 Å². The van der Waals surface area contributed by atoms with Gasteiger partial charge in [0, 0.05) is 5.41 Å². The monoisotopic (exact) mass is 162 g/mol. The Labute approximate surface area is 74.5 Å². The van der Waals surface area contributed by atoms with Crippen LogP contribution in [0.3, 0.4) is 0 Å². The van der Waals surface area contributed by atoms with Crippen LogP contribution in [0.25, 0.3) is 0 Å². The molecule has 0 aromatic rings. The smallest absolute Gasteiger partial charge is 0.121 e. The van der Waals surface area contributed by atoms with Crippen molar-refractivity contribution in [3.05, 3.63) is 12.7 Å². The molecule has 0 saturated carbocycles. The Hall–Kier alpha value is -1.18. The van der Waals surface area contributed by atoms with Crippen molar-refractivity contribution in [3.63, 3.8) is 0 Å². The summed E-state index contributed by atoms with van der Waals surface area (Å²) in [6.45, 7) is 7.45. The van der Waals surface area contributed by atoms with Crippen molar-refractivity contribution in [1.29, 1.82) is 0 Å². The van der Waals surface area contributed by atoms with E-state index in [2.05, 4.69) is 24.3 Å². The van der Waals surface area contributed by atoms with Crippen molar-refractivity contribution >= 4 is 0 Å². The fourth-order valence-corrected chi connectivity index (χ4v) is 0.789. The van der Waals surface area contributed by atoms with Gasteiger partial charge in [0.15, 0.2) is 0 Å². The molecule has 64 valence electrons. The van der Waals surface area contributed by atoms with Crippen molar-refractivity contribution in [2.75, 3.05) is 0 Å². The number of hydrogen-bond acceptors (Lipinski definition) is 1. The number of aliphatic hydroxyl groups is 1.